The highest BCUT2D eigenvalue weighted by Crippen LogP contribution is 2.14. The molecule has 6 N–H and O–H groups in total. The number of hydrogen-bond acceptors (Lipinski definition) is 3. The van der Waals surface area contributed by atoms with Crippen molar-refractivity contribution in [1.82, 2.24) is 0 Å². The molecule has 3 nitrogen and oxygen atoms in total. The highest BCUT2D eigenvalue weighted by Gasteiger charge is 1.94. The molecular formula is C38H85N3. The zero-order valence-electron chi connectivity index (χ0n) is 29.5. The molecule has 0 spiro atoms. The van der Waals surface area contributed by atoms with Gasteiger partial charge in [-0.1, -0.05) is 207 Å². The molecule has 0 aliphatic heterocycles. The fourth-order valence-electron chi connectivity index (χ4n) is 5.25. The molecule has 0 bridgehead atoms. The van der Waals surface area contributed by atoms with Crippen LogP contribution in [0, 0.1) is 0 Å². The van der Waals surface area contributed by atoms with E-state index in [2.05, 4.69) is 20.8 Å². The van der Waals surface area contributed by atoms with E-state index in [4.69, 9.17) is 17.2 Å². The molecule has 0 rings (SSSR count). The van der Waals surface area contributed by atoms with Crippen LogP contribution in [0.2, 0.25) is 0 Å². The lowest BCUT2D eigenvalue weighted by Crippen LogP contribution is -1.97. The molecule has 0 atom stereocenters. The first-order chi connectivity index (χ1) is 20.2. The molecule has 0 saturated heterocycles. The Morgan fingerprint density at radius 3 is 0.439 bits per heavy atom. The molecule has 0 unspecified atom stereocenters. The highest BCUT2D eigenvalue weighted by atomic mass is 14.5. The maximum absolute atomic E-state index is 5.48. The Hall–Kier alpha value is -0.120. The van der Waals surface area contributed by atoms with Crippen molar-refractivity contribution in [2.24, 2.45) is 17.2 Å². The smallest absolute Gasteiger partial charge is 0.00773 e. The Balaban J connectivity index is -0.000000569. The lowest BCUT2D eigenvalue weighted by Gasteiger charge is -2.03. The quantitative estimate of drug-likeness (QED) is 0.0689. The van der Waals surface area contributed by atoms with Gasteiger partial charge in [0, 0.05) is 0 Å². The normalized spacial score (nSPS) is 10.7. The summed E-state index contributed by atoms with van der Waals surface area (Å²) in [6.45, 7) is 9.41. The van der Waals surface area contributed by atoms with Crippen LogP contribution in [-0.4, -0.2) is 19.6 Å². The van der Waals surface area contributed by atoms with Crippen LogP contribution in [0.25, 0.3) is 0 Å². The number of rotatable bonds is 32. The summed E-state index contributed by atoms with van der Waals surface area (Å²) >= 11 is 0. The van der Waals surface area contributed by atoms with Crippen LogP contribution in [0.1, 0.15) is 226 Å². The fourth-order valence-corrected chi connectivity index (χ4v) is 5.25. The van der Waals surface area contributed by atoms with Gasteiger partial charge in [0.25, 0.3) is 0 Å². The number of unbranched alkanes of at least 4 members (excludes halogenated alkanes) is 29. The van der Waals surface area contributed by atoms with Crippen molar-refractivity contribution in [3.05, 3.63) is 0 Å². The van der Waals surface area contributed by atoms with Crippen LogP contribution in [0.3, 0.4) is 0 Å². The van der Waals surface area contributed by atoms with Gasteiger partial charge in [0.2, 0.25) is 0 Å². The third-order valence-electron chi connectivity index (χ3n) is 8.17. The van der Waals surface area contributed by atoms with E-state index in [1.54, 1.807) is 0 Å². The lowest BCUT2D eigenvalue weighted by molar-refractivity contribution is 0.530. The molecule has 0 aromatic heterocycles. The average Bonchev–Trinajstić information content (AvgIpc) is 2.99. The van der Waals surface area contributed by atoms with Gasteiger partial charge in [-0.2, -0.15) is 0 Å². The van der Waals surface area contributed by atoms with Crippen LogP contribution in [0.5, 0.6) is 0 Å². The van der Waals surface area contributed by atoms with Gasteiger partial charge in [-0.3, -0.25) is 0 Å². The molecule has 0 saturated carbocycles. The summed E-state index contributed by atoms with van der Waals surface area (Å²) in [6.07, 6.45) is 44.8. The van der Waals surface area contributed by atoms with Gasteiger partial charge in [0.05, 0.1) is 0 Å². The maximum Gasteiger partial charge on any atom is -0.00773 e. The van der Waals surface area contributed by atoms with Crippen molar-refractivity contribution < 1.29 is 0 Å². The molecule has 41 heavy (non-hydrogen) atoms. The SMILES string of the molecule is CCCCCCCCCCCCCCCCCCN.CCCCCCCCCCCCN.CCCCCCCCN. The summed E-state index contributed by atoms with van der Waals surface area (Å²) < 4.78 is 0. The molecular weight excluding hydrogens is 498 g/mol. The Morgan fingerprint density at radius 1 is 0.195 bits per heavy atom. The molecule has 0 aliphatic rings. The van der Waals surface area contributed by atoms with Crippen LogP contribution in [0.4, 0.5) is 0 Å². The Labute approximate surface area is 262 Å². The number of hydrogen-bond donors (Lipinski definition) is 3. The van der Waals surface area contributed by atoms with Crippen molar-refractivity contribution >= 4 is 0 Å². The van der Waals surface area contributed by atoms with Gasteiger partial charge in [-0.25, -0.2) is 0 Å². The number of nitrogens with two attached hydrogens (primary N) is 3. The predicted octanol–water partition coefficient (Wildman–Crippen LogP) is 12.4. The molecule has 3 heteroatoms. The van der Waals surface area contributed by atoms with Crippen LogP contribution >= 0.6 is 0 Å². The second-order valence-electron chi connectivity index (χ2n) is 12.6. The summed E-state index contributed by atoms with van der Waals surface area (Å²) in [5.41, 5.74) is 16.3. The van der Waals surface area contributed by atoms with Crippen LogP contribution in [0.15, 0.2) is 0 Å². The molecule has 0 aromatic carbocycles. The van der Waals surface area contributed by atoms with Crippen molar-refractivity contribution in [2.45, 2.75) is 226 Å². The van der Waals surface area contributed by atoms with Gasteiger partial charge < -0.3 is 17.2 Å². The molecule has 0 aromatic rings. The topological polar surface area (TPSA) is 78.1 Å². The van der Waals surface area contributed by atoms with E-state index in [0.29, 0.717) is 0 Å². The second kappa shape index (κ2) is 49.6. The van der Waals surface area contributed by atoms with Gasteiger partial charge in [0.15, 0.2) is 0 Å². The van der Waals surface area contributed by atoms with Crippen molar-refractivity contribution in [1.29, 1.82) is 0 Å². The Morgan fingerprint density at radius 2 is 0.317 bits per heavy atom. The van der Waals surface area contributed by atoms with E-state index in [1.165, 1.54) is 205 Å². The fraction of sp³-hybridized carbons (Fsp3) is 1.00. The van der Waals surface area contributed by atoms with E-state index < -0.39 is 0 Å². The van der Waals surface area contributed by atoms with Crippen LogP contribution < -0.4 is 17.2 Å². The van der Waals surface area contributed by atoms with E-state index in [0.717, 1.165) is 19.6 Å². The maximum atomic E-state index is 5.48. The monoisotopic (exact) mass is 584 g/mol. The van der Waals surface area contributed by atoms with E-state index in [1.807, 2.05) is 0 Å². The first kappa shape index (κ1) is 45.3. The van der Waals surface area contributed by atoms with Crippen LogP contribution in [-0.2, 0) is 0 Å². The molecule has 252 valence electrons. The van der Waals surface area contributed by atoms with E-state index in [-0.39, 0.29) is 0 Å². The average molecular weight is 584 g/mol. The summed E-state index contributed by atoms with van der Waals surface area (Å²) in [7, 11) is 0. The standard InChI is InChI=1S/C18H39N.C12H27N.C8H19N/c1-2-3-4-5-6-7-8-9-10-11-12-13-14-15-16-17-18-19;1-2-3-4-5-6-7-8-9-10-11-12-13;1-2-3-4-5-6-7-8-9/h2-19H2,1H3;2-13H2,1H3;2-9H2,1H3. The molecule has 0 radical (unpaired) electrons. The molecule has 0 aliphatic carbocycles. The lowest BCUT2D eigenvalue weighted by atomic mass is 10.0. The van der Waals surface area contributed by atoms with Gasteiger partial charge in [-0.15, -0.1) is 0 Å². The zero-order valence-corrected chi connectivity index (χ0v) is 29.5. The molecule has 0 fully saturated rings. The van der Waals surface area contributed by atoms with Gasteiger partial charge in [-0.05, 0) is 38.9 Å². The molecule has 0 heterocycles. The first-order valence-electron chi connectivity index (χ1n) is 19.3. The van der Waals surface area contributed by atoms with Crippen molar-refractivity contribution in [2.75, 3.05) is 19.6 Å². The van der Waals surface area contributed by atoms with E-state index in [9.17, 15) is 0 Å². The molecule has 0 amide bonds. The first-order valence-corrected chi connectivity index (χ1v) is 19.3. The minimum absolute atomic E-state index is 0.867. The van der Waals surface area contributed by atoms with Crippen molar-refractivity contribution in [3.63, 3.8) is 0 Å². The summed E-state index contributed by atoms with van der Waals surface area (Å²) in [5.74, 6) is 0. The highest BCUT2D eigenvalue weighted by molar-refractivity contribution is 4.50. The minimum Gasteiger partial charge on any atom is -0.330 e. The Bertz CT molecular complexity index is 343. The zero-order chi connectivity index (χ0) is 30.7. The minimum atomic E-state index is 0.867. The largest absolute Gasteiger partial charge is 0.330 e. The summed E-state index contributed by atoms with van der Waals surface area (Å²) in [6, 6.07) is 0. The second-order valence-corrected chi connectivity index (χ2v) is 12.6. The van der Waals surface area contributed by atoms with Gasteiger partial charge >= 0.3 is 0 Å². The third kappa shape index (κ3) is 56.3. The third-order valence-corrected chi connectivity index (χ3v) is 8.17. The van der Waals surface area contributed by atoms with Gasteiger partial charge in [0.1, 0.15) is 0 Å². The Kier molecular flexibility index (Phi) is 54.8. The van der Waals surface area contributed by atoms with E-state index >= 15 is 0 Å². The van der Waals surface area contributed by atoms with Crippen molar-refractivity contribution in [3.8, 4) is 0 Å². The summed E-state index contributed by atoms with van der Waals surface area (Å²) in [4.78, 5) is 0. The summed E-state index contributed by atoms with van der Waals surface area (Å²) in [5, 5.41) is 0. The predicted molar refractivity (Wildman–Crippen MR) is 192 cm³/mol.